The van der Waals surface area contributed by atoms with Crippen molar-refractivity contribution in [2.24, 2.45) is 5.92 Å². The number of benzene rings is 1. The predicted molar refractivity (Wildman–Crippen MR) is 100 cm³/mol. The lowest BCUT2D eigenvalue weighted by Gasteiger charge is -2.35. The molecule has 0 saturated carbocycles. The summed E-state index contributed by atoms with van der Waals surface area (Å²) in [7, 11) is 0. The van der Waals surface area contributed by atoms with Crippen LogP contribution in [-0.2, 0) is 0 Å². The van der Waals surface area contributed by atoms with Crippen molar-refractivity contribution in [1.82, 2.24) is 25.5 Å². The molecule has 2 aromatic heterocycles. The number of anilines is 3. The highest BCUT2D eigenvalue weighted by Gasteiger charge is 2.24. The van der Waals surface area contributed by atoms with Crippen LogP contribution in [0.5, 0.6) is 0 Å². The highest BCUT2D eigenvalue weighted by atomic mass is 19.1. The molecule has 7 nitrogen and oxygen atoms in total. The van der Waals surface area contributed by atoms with Crippen molar-refractivity contribution in [2.75, 3.05) is 29.9 Å². The fourth-order valence-corrected chi connectivity index (χ4v) is 3.16. The Bertz CT molecular complexity index is 907. The highest BCUT2D eigenvalue weighted by Crippen LogP contribution is 2.23. The van der Waals surface area contributed by atoms with E-state index in [1.807, 2.05) is 18.2 Å². The van der Waals surface area contributed by atoms with Gasteiger partial charge in [0.15, 0.2) is 11.6 Å². The second-order valence-corrected chi connectivity index (χ2v) is 6.91. The molecule has 136 valence electrons. The molecule has 1 aliphatic heterocycles. The number of hydrogen-bond acceptors (Lipinski definition) is 6. The summed E-state index contributed by atoms with van der Waals surface area (Å²) in [6.45, 7) is 6.85. The molecule has 3 aromatic rings. The molecule has 4 rings (SSSR count). The quantitative estimate of drug-likeness (QED) is 0.668. The number of aromatic nitrogens is 4. The molecule has 0 aliphatic carbocycles. The molecule has 3 heterocycles. The van der Waals surface area contributed by atoms with Crippen LogP contribution in [0.1, 0.15) is 13.8 Å². The smallest absolute Gasteiger partial charge is 0.227 e. The average molecular weight is 355 g/mol. The van der Waals surface area contributed by atoms with E-state index in [9.17, 15) is 4.39 Å². The van der Waals surface area contributed by atoms with E-state index in [1.165, 1.54) is 6.20 Å². The number of rotatable bonds is 4. The number of nitrogens with zero attached hydrogens (tertiary/aromatic N) is 4. The van der Waals surface area contributed by atoms with Gasteiger partial charge in [0, 0.05) is 36.7 Å². The lowest BCUT2D eigenvalue weighted by Crippen LogP contribution is -2.53. The van der Waals surface area contributed by atoms with Gasteiger partial charge in [-0.1, -0.05) is 13.8 Å². The largest absolute Gasteiger partial charge is 0.338 e. The normalized spacial score (nSPS) is 17.8. The molecule has 1 unspecified atom stereocenters. The van der Waals surface area contributed by atoms with E-state index in [2.05, 4.69) is 49.5 Å². The Morgan fingerprint density at radius 3 is 3.04 bits per heavy atom. The van der Waals surface area contributed by atoms with Crippen LogP contribution in [0.2, 0.25) is 0 Å². The number of aromatic amines is 1. The summed E-state index contributed by atoms with van der Waals surface area (Å²) in [5.74, 6) is 0.761. The Hall–Kier alpha value is -2.74. The van der Waals surface area contributed by atoms with Gasteiger partial charge in [0.25, 0.3) is 0 Å². The van der Waals surface area contributed by atoms with Gasteiger partial charge < -0.3 is 15.5 Å². The summed E-state index contributed by atoms with van der Waals surface area (Å²) in [4.78, 5) is 10.7. The first kappa shape index (κ1) is 16.7. The average Bonchev–Trinajstić information content (AvgIpc) is 3.11. The molecule has 1 fully saturated rings. The third-order valence-electron chi connectivity index (χ3n) is 4.73. The van der Waals surface area contributed by atoms with E-state index in [4.69, 9.17) is 0 Å². The Morgan fingerprint density at radius 1 is 1.31 bits per heavy atom. The standard InChI is InChI=1S/C18H22FN7/c1-11(2)16-10-26(6-5-20-16)18-21-9-14(19)17(24-18)23-13-3-4-15-12(7-13)8-22-25-15/h3-4,7-9,11,16,20H,5-6,10H2,1-2H3,(H,22,25)(H,21,23,24). The fourth-order valence-electron chi connectivity index (χ4n) is 3.16. The van der Waals surface area contributed by atoms with Crippen LogP contribution in [0.3, 0.4) is 0 Å². The van der Waals surface area contributed by atoms with Gasteiger partial charge >= 0.3 is 0 Å². The van der Waals surface area contributed by atoms with Crippen LogP contribution in [-0.4, -0.2) is 45.8 Å². The number of halogens is 1. The molecular formula is C18H22FN7. The maximum Gasteiger partial charge on any atom is 0.227 e. The number of nitrogens with one attached hydrogen (secondary N) is 3. The Balaban J connectivity index is 1.57. The van der Waals surface area contributed by atoms with Crippen molar-refractivity contribution >= 4 is 28.4 Å². The van der Waals surface area contributed by atoms with Crippen LogP contribution >= 0.6 is 0 Å². The van der Waals surface area contributed by atoms with E-state index in [0.717, 1.165) is 36.2 Å². The van der Waals surface area contributed by atoms with Crippen LogP contribution in [0.15, 0.2) is 30.6 Å². The summed E-state index contributed by atoms with van der Waals surface area (Å²) >= 11 is 0. The van der Waals surface area contributed by atoms with Crippen molar-refractivity contribution < 1.29 is 4.39 Å². The zero-order chi connectivity index (χ0) is 18.1. The molecular weight excluding hydrogens is 333 g/mol. The van der Waals surface area contributed by atoms with E-state index >= 15 is 0 Å². The van der Waals surface area contributed by atoms with Gasteiger partial charge in [0.05, 0.1) is 17.9 Å². The van der Waals surface area contributed by atoms with Crippen LogP contribution in [0.4, 0.5) is 21.8 Å². The van der Waals surface area contributed by atoms with Crippen LogP contribution in [0.25, 0.3) is 10.9 Å². The minimum atomic E-state index is -0.475. The Morgan fingerprint density at radius 2 is 2.19 bits per heavy atom. The number of hydrogen-bond donors (Lipinski definition) is 3. The minimum absolute atomic E-state index is 0.178. The summed E-state index contributed by atoms with van der Waals surface area (Å²) in [5, 5.41) is 14.4. The third kappa shape index (κ3) is 3.32. The minimum Gasteiger partial charge on any atom is -0.338 e. The van der Waals surface area contributed by atoms with Crippen molar-refractivity contribution in [3.05, 3.63) is 36.4 Å². The van der Waals surface area contributed by atoms with Crippen LogP contribution < -0.4 is 15.5 Å². The van der Waals surface area contributed by atoms with E-state index in [0.29, 0.717) is 17.9 Å². The summed E-state index contributed by atoms with van der Waals surface area (Å²) in [6.07, 6.45) is 2.96. The first-order valence-corrected chi connectivity index (χ1v) is 8.81. The molecule has 1 aromatic carbocycles. The zero-order valence-corrected chi connectivity index (χ0v) is 14.8. The van der Waals surface area contributed by atoms with Gasteiger partial charge in [-0.2, -0.15) is 10.1 Å². The Labute approximate surface area is 151 Å². The van der Waals surface area contributed by atoms with Crippen molar-refractivity contribution in [1.29, 1.82) is 0 Å². The molecule has 0 radical (unpaired) electrons. The molecule has 0 spiro atoms. The predicted octanol–water partition coefficient (Wildman–Crippen LogP) is 2.67. The molecule has 1 aliphatic rings. The summed E-state index contributed by atoms with van der Waals surface area (Å²) in [5.41, 5.74) is 1.68. The molecule has 1 atom stereocenters. The molecule has 0 bridgehead atoms. The van der Waals surface area contributed by atoms with Gasteiger partial charge in [-0.25, -0.2) is 9.37 Å². The maximum absolute atomic E-state index is 14.2. The molecule has 8 heteroatoms. The van der Waals surface area contributed by atoms with E-state index in [1.54, 1.807) is 6.20 Å². The van der Waals surface area contributed by atoms with E-state index in [-0.39, 0.29) is 5.82 Å². The fraction of sp³-hybridized carbons (Fsp3) is 0.389. The maximum atomic E-state index is 14.2. The summed E-state index contributed by atoms with van der Waals surface area (Å²) in [6, 6.07) is 6.03. The highest BCUT2D eigenvalue weighted by molar-refractivity contribution is 5.82. The number of H-pyrrole nitrogens is 1. The molecule has 1 saturated heterocycles. The first-order valence-electron chi connectivity index (χ1n) is 8.81. The van der Waals surface area contributed by atoms with Gasteiger partial charge in [0.2, 0.25) is 5.95 Å². The van der Waals surface area contributed by atoms with Gasteiger partial charge in [-0.3, -0.25) is 5.10 Å². The molecule has 26 heavy (non-hydrogen) atoms. The van der Waals surface area contributed by atoms with Crippen LogP contribution in [0, 0.1) is 11.7 Å². The van der Waals surface area contributed by atoms with Gasteiger partial charge in [0.1, 0.15) is 0 Å². The van der Waals surface area contributed by atoms with Crippen molar-refractivity contribution in [3.8, 4) is 0 Å². The second-order valence-electron chi connectivity index (χ2n) is 6.91. The van der Waals surface area contributed by atoms with E-state index < -0.39 is 5.82 Å². The SMILES string of the molecule is CC(C)C1CN(c2ncc(F)c(Nc3ccc4[nH]ncc4c3)n2)CCN1. The second kappa shape index (κ2) is 6.87. The third-order valence-corrected chi connectivity index (χ3v) is 4.73. The summed E-state index contributed by atoms with van der Waals surface area (Å²) < 4.78 is 14.2. The topological polar surface area (TPSA) is 81.8 Å². The monoisotopic (exact) mass is 355 g/mol. The Kier molecular flexibility index (Phi) is 4.42. The van der Waals surface area contributed by atoms with Gasteiger partial charge in [-0.15, -0.1) is 0 Å². The molecule has 0 amide bonds. The first-order chi connectivity index (χ1) is 12.6. The lowest BCUT2D eigenvalue weighted by atomic mass is 10.0. The van der Waals surface area contributed by atoms with Crippen molar-refractivity contribution in [3.63, 3.8) is 0 Å². The lowest BCUT2D eigenvalue weighted by molar-refractivity contribution is 0.366. The molecule has 3 N–H and O–H groups in total. The van der Waals surface area contributed by atoms with Crippen molar-refractivity contribution in [2.45, 2.75) is 19.9 Å². The zero-order valence-electron chi connectivity index (χ0n) is 14.8. The number of piperazine rings is 1. The number of fused-ring (bicyclic) bond motifs is 1. The van der Waals surface area contributed by atoms with Gasteiger partial charge in [-0.05, 0) is 24.1 Å².